The van der Waals surface area contributed by atoms with E-state index in [1.54, 1.807) is 6.26 Å². The van der Waals surface area contributed by atoms with Crippen molar-refractivity contribution in [3.8, 4) is 0 Å². The summed E-state index contributed by atoms with van der Waals surface area (Å²) in [5, 5.41) is 6.42. The summed E-state index contributed by atoms with van der Waals surface area (Å²) >= 11 is 0. The third-order valence-electron chi connectivity index (χ3n) is 5.14. The van der Waals surface area contributed by atoms with Gasteiger partial charge >= 0.3 is 0 Å². The molecule has 0 saturated heterocycles. The molecule has 2 N–H and O–H groups in total. The monoisotopic (exact) mass is 340 g/mol. The van der Waals surface area contributed by atoms with E-state index in [4.69, 9.17) is 4.42 Å². The van der Waals surface area contributed by atoms with Crippen LogP contribution in [-0.2, 0) is 11.3 Å². The molecule has 4 heteroatoms. The number of hydrogen-bond donors (Lipinski definition) is 2. The van der Waals surface area contributed by atoms with Gasteiger partial charge < -0.3 is 15.1 Å². The number of amides is 1. The summed E-state index contributed by atoms with van der Waals surface area (Å²) in [4.78, 5) is 12.7. The zero-order valence-corrected chi connectivity index (χ0v) is 15.0. The van der Waals surface area contributed by atoms with E-state index in [2.05, 4.69) is 22.8 Å². The highest BCUT2D eigenvalue weighted by Crippen LogP contribution is 2.33. The molecule has 1 aromatic rings. The molecule has 1 aromatic heterocycles. The molecule has 0 unspecified atom stereocenters. The van der Waals surface area contributed by atoms with Crippen LogP contribution < -0.4 is 10.6 Å². The molecule has 2 aliphatic rings. The van der Waals surface area contributed by atoms with E-state index in [0.717, 1.165) is 24.3 Å². The summed E-state index contributed by atoms with van der Waals surface area (Å²) < 4.78 is 5.36. The Labute approximate surface area is 150 Å². The summed E-state index contributed by atoms with van der Waals surface area (Å²) in [6.45, 7) is 3.20. The average Bonchev–Trinajstić information content (AvgIpc) is 3.03. The minimum absolute atomic E-state index is 0.00644. The first-order valence-corrected chi connectivity index (χ1v) is 9.36. The van der Waals surface area contributed by atoms with Gasteiger partial charge in [0.2, 0.25) is 0 Å². The summed E-state index contributed by atoms with van der Waals surface area (Å²) in [5.41, 5.74) is 3.30. The van der Waals surface area contributed by atoms with Crippen molar-refractivity contribution >= 4 is 5.91 Å². The van der Waals surface area contributed by atoms with Crippen LogP contribution in [0.4, 0.5) is 0 Å². The fourth-order valence-corrected chi connectivity index (χ4v) is 3.17. The molecule has 0 bridgehead atoms. The lowest BCUT2D eigenvalue weighted by molar-refractivity contribution is -0.117. The highest BCUT2D eigenvalue weighted by molar-refractivity contribution is 5.94. The summed E-state index contributed by atoms with van der Waals surface area (Å²) in [6, 6.07) is 3.78. The Morgan fingerprint density at radius 1 is 1.28 bits per heavy atom. The average molecular weight is 340 g/mol. The van der Waals surface area contributed by atoms with Gasteiger partial charge in [-0.15, -0.1) is 0 Å². The van der Waals surface area contributed by atoms with Crippen LogP contribution in [0.2, 0.25) is 0 Å². The van der Waals surface area contributed by atoms with Crippen LogP contribution >= 0.6 is 0 Å². The van der Waals surface area contributed by atoms with Crippen molar-refractivity contribution in [2.24, 2.45) is 5.92 Å². The molecule has 2 fully saturated rings. The first-order chi connectivity index (χ1) is 12.3. The Bertz CT molecular complexity index is 658. The van der Waals surface area contributed by atoms with Crippen LogP contribution in [0.1, 0.15) is 51.2 Å². The standard InChI is InChI=1S/C21H28N2O2/c1-2-3-7-18(16-8-4-9-16)14-23-21(24)20(17-10-5-11-17)22-15-19-12-6-13-25-19/h2-3,6-7,12-13,16,22H,4-5,8-11,14-15H2,1H3,(H,23,24)/b3-2-,18-7-. The number of hydrogen-bond acceptors (Lipinski definition) is 3. The van der Waals surface area contributed by atoms with Crippen LogP contribution in [0.25, 0.3) is 0 Å². The Balaban J connectivity index is 1.60. The maximum atomic E-state index is 12.7. The van der Waals surface area contributed by atoms with E-state index in [1.807, 2.05) is 25.1 Å². The van der Waals surface area contributed by atoms with Crippen molar-refractivity contribution < 1.29 is 9.21 Å². The number of carbonyl (C=O) groups is 1. The molecular formula is C21H28N2O2. The van der Waals surface area contributed by atoms with E-state index in [1.165, 1.54) is 36.8 Å². The molecule has 1 amide bonds. The zero-order valence-electron chi connectivity index (χ0n) is 15.0. The van der Waals surface area contributed by atoms with Gasteiger partial charge in [-0.1, -0.05) is 24.6 Å². The van der Waals surface area contributed by atoms with Gasteiger partial charge in [0, 0.05) is 6.54 Å². The van der Waals surface area contributed by atoms with Gasteiger partial charge in [0.1, 0.15) is 5.76 Å². The molecular weight excluding hydrogens is 312 g/mol. The lowest BCUT2D eigenvalue weighted by Gasteiger charge is -2.29. The smallest absolute Gasteiger partial charge is 0.267 e. The highest BCUT2D eigenvalue weighted by Gasteiger charge is 2.24. The van der Waals surface area contributed by atoms with Gasteiger partial charge in [-0.25, -0.2) is 0 Å². The molecule has 134 valence electrons. The quantitative estimate of drug-likeness (QED) is 0.550. The number of carbonyl (C=O) groups excluding carboxylic acids is 1. The molecule has 25 heavy (non-hydrogen) atoms. The Morgan fingerprint density at radius 3 is 2.68 bits per heavy atom. The van der Waals surface area contributed by atoms with Gasteiger partial charge in [0.15, 0.2) is 0 Å². The lowest BCUT2D eigenvalue weighted by atomic mass is 9.79. The molecule has 0 aromatic carbocycles. The minimum Gasteiger partial charge on any atom is -0.467 e. The number of furan rings is 1. The first kappa shape index (κ1) is 17.6. The third-order valence-corrected chi connectivity index (χ3v) is 5.14. The molecule has 0 spiro atoms. The van der Waals surface area contributed by atoms with Crippen molar-refractivity contribution in [3.05, 3.63) is 59.2 Å². The van der Waals surface area contributed by atoms with Gasteiger partial charge in [0.25, 0.3) is 5.91 Å². The van der Waals surface area contributed by atoms with E-state index < -0.39 is 0 Å². The van der Waals surface area contributed by atoms with Crippen LogP contribution in [0.3, 0.4) is 0 Å². The zero-order chi connectivity index (χ0) is 17.5. The van der Waals surface area contributed by atoms with Crippen LogP contribution in [0.15, 0.2) is 57.9 Å². The Kier molecular flexibility index (Phi) is 6.15. The normalized spacial score (nSPS) is 18.0. The maximum absolute atomic E-state index is 12.7. The number of nitrogens with one attached hydrogen (secondary N) is 2. The van der Waals surface area contributed by atoms with Crippen LogP contribution in [0, 0.1) is 5.92 Å². The predicted octanol–water partition coefficient (Wildman–Crippen LogP) is 4.23. The van der Waals surface area contributed by atoms with E-state index >= 15 is 0 Å². The Hall–Kier alpha value is -2.23. The lowest BCUT2D eigenvalue weighted by Crippen LogP contribution is -2.36. The number of allylic oxidation sites excluding steroid dienone is 4. The van der Waals surface area contributed by atoms with E-state index in [0.29, 0.717) is 19.0 Å². The molecule has 2 saturated carbocycles. The second-order valence-corrected chi connectivity index (χ2v) is 6.84. The topological polar surface area (TPSA) is 54.3 Å². The summed E-state index contributed by atoms with van der Waals surface area (Å²) in [5.74, 6) is 1.48. The van der Waals surface area contributed by atoms with E-state index in [-0.39, 0.29) is 5.91 Å². The Morgan fingerprint density at radius 2 is 2.12 bits per heavy atom. The highest BCUT2D eigenvalue weighted by atomic mass is 16.3. The fraction of sp³-hybridized carbons (Fsp3) is 0.476. The molecule has 0 radical (unpaired) electrons. The van der Waals surface area contributed by atoms with Crippen LogP contribution in [-0.4, -0.2) is 12.5 Å². The second-order valence-electron chi connectivity index (χ2n) is 6.84. The molecule has 4 nitrogen and oxygen atoms in total. The second kappa shape index (κ2) is 8.75. The maximum Gasteiger partial charge on any atom is 0.267 e. The van der Waals surface area contributed by atoms with Gasteiger partial charge in [-0.05, 0) is 68.2 Å². The van der Waals surface area contributed by atoms with Crippen LogP contribution in [0.5, 0.6) is 0 Å². The van der Waals surface area contributed by atoms with Gasteiger partial charge in [-0.3, -0.25) is 4.79 Å². The molecule has 0 atom stereocenters. The van der Waals surface area contributed by atoms with Crippen molar-refractivity contribution in [3.63, 3.8) is 0 Å². The third kappa shape index (κ3) is 4.65. The molecule has 1 heterocycles. The predicted molar refractivity (Wildman–Crippen MR) is 99.7 cm³/mol. The minimum atomic E-state index is 0.00644. The first-order valence-electron chi connectivity index (χ1n) is 9.36. The fourth-order valence-electron chi connectivity index (χ4n) is 3.17. The summed E-state index contributed by atoms with van der Waals surface area (Å²) in [6.07, 6.45) is 14.9. The van der Waals surface area contributed by atoms with Gasteiger partial charge in [0.05, 0.1) is 18.5 Å². The van der Waals surface area contributed by atoms with Crippen molar-refractivity contribution in [2.75, 3.05) is 6.54 Å². The number of rotatable bonds is 8. The molecule has 3 rings (SSSR count). The van der Waals surface area contributed by atoms with Crippen molar-refractivity contribution in [1.29, 1.82) is 0 Å². The van der Waals surface area contributed by atoms with Crippen molar-refractivity contribution in [1.82, 2.24) is 10.6 Å². The summed E-state index contributed by atoms with van der Waals surface area (Å²) in [7, 11) is 0. The van der Waals surface area contributed by atoms with Crippen molar-refractivity contribution in [2.45, 2.75) is 52.0 Å². The SMILES string of the molecule is C/C=C\C=C(\CNC(=O)C(NCc1ccco1)=C1CCC1)C1CCC1. The largest absolute Gasteiger partial charge is 0.467 e. The molecule has 0 aliphatic heterocycles. The van der Waals surface area contributed by atoms with Gasteiger partial charge in [-0.2, -0.15) is 0 Å². The molecule has 2 aliphatic carbocycles. The van der Waals surface area contributed by atoms with E-state index in [9.17, 15) is 4.79 Å².